The van der Waals surface area contributed by atoms with E-state index in [2.05, 4.69) is 17.2 Å². The molecule has 14 heavy (non-hydrogen) atoms. The first-order chi connectivity index (χ1) is 6.63. The van der Waals surface area contributed by atoms with Gasteiger partial charge in [-0.25, -0.2) is 0 Å². The summed E-state index contributed by atoms with van der Waals surface area (Å²) in [6.07, 6.45) is 3.54. The smallest absolute Gasteiger partial charge is 0.237 e. The number of rotatable bonds is 6. The monoisotopic (exact) mass is 198 g/mol. The molecule has 1 amide bonds. The molecule has 0 saturated heterocycles. The molecule has 1 unspecified atom stereocenters. The normalized spacial score (nSPS) is 19.9. The lowest BCUT2D eigenvalue weighted by Crippen LogP contribution is -2.49. The number of carbonyl (C=O) groups excluding carboxylic acids is 1. The van der Waals surface area contributed by atoms with Crippen molar-refractivity contribution in [3.63, 3.8) is 0 Å². The van der Waals surface area contributed by atoms with Crippen LogP contribution in [0.2, 0.25) is 0 Å². The summed E-state index contributed by atoms with van der Waals surface area (Å²) in [7, 11) is 0. The summed E-state index contributed by atoms with van der Waals surface area (Å²) in [5, 5.41) is 14.9. The molecule has 4 heteroatoms. The molecule has 80 valence electrons. The van der Waals surface area contributed by atoms with Crippen molar-refractivity contribution in [3.8, 4) is 0 Å². The highest BCUT2D eigenvalue weighted by molar-refractivity contribution is 5.81. The molecular weight excluding hydrogens is 180 g/mol. The van der Waals surface area contributed by atoms with Crippen molar-refractivity contribution in [2.24, 2.45) is 0 Å². The third-order valence-corrected chi connectivity index (χ3v) is 2.49. The summed E-state index contributed by atoms with van der Waals surface area (Å²) < 4.78 is 0. The molecule has 4 nitrogen and oxygen atoms in total. The van der Waals surface area contributed by atoms with Crippen LogP contribution in [0.4, 0.5) is 0 Å². The molecule has 1 saturated carbocycles. The van der Waals surface area contributed by atoms with E-state index >= 15 is 0 Å². The van der Waals surface area contributed by atoms with E-state index in [1.165, 1.54) is 0 Å². The van der Waals surface area contributed by atoms with Crippen LogP contribution in [-0.2, 0) is 4.79 Å². The Morgan fingerprint density at radius 1 is 1.71 bits per heavy atom. The van der Waals surface area contributed by atoms with E-state index in [0.717, 1.165) is 12.8 Å². The van der Waals surface area contributed by atoms with Crippen LogP contribution in [-0.4, -0.2) is 35.7 Å². The van der Waals surface area contributed by atoms with Gasteiger partial charge in [0, 0.05) is 12.1 Å². The molecule has 1 fully saturated rings. The Morgan fingerprint density at radius 2 is 2.36 bits per heavy atom. The number of amides is 1. The molecular formula is C10H18N2O2. The number of nitrogens with one attached hydrogen (secondary N) is 2. The van der Waals surface area contributed by atoms with Gasteiger partial charge in [-0.05, 0) is 19.8 Å². The largest absolute Gasteiger partial charge is 0.394 e. The molecule has 1 rings (SSSR count). The first-order valence-corrected chi connectivity index (χ1v) is 4.91. The minimum absolute atomic E-state index is 0.0513. The maximum Gasteiger partial charge on any atom is 0.237 e. The van der Waals surface area contributed by atoms with E-state index in [1.54, 1.807) is 13.0 Å². The van der Waals surface area contributed by atoms with Gasteiger partial charge in [0.05, 0.1) is 12.6 Å². The molecule has 0 aromatic rings. The predicted octanol–water partition coefficient (Wildman–Crippen LogP) is -0.208. The van der Waals surface area contributed by atoms with Crippen molar-refractivity contribution in [1.29, 1.82) is 0 Å². The van der Waals surface area contributed by atoms with Gasteiger partial charge in [0.1, 0.15) is 0 Å². The van der Waals surface area contributed by atoms with Gasteiger partial charge in [-0.15, -0.1) is 6.58 Å². The number of aliphatic hydroxyl groups is 1. The Morgan fingerprint density at radius 3 is 2.79 bits per heavy atom. The number of hydrogen-bond acceptors (Lipinski definition) is 3. The minimum Gasteiger partial charge on any atom is -0.394 e. The standard InChI is InChI=1S/C10H18N2O2/c1-3-6-11-9(14)8(2)12-10(7-13)4-5-10/h3,8,12-13H,1,4-7H2,2H3,(H,11,14). The van der Waals surface area contributed by atoms with Gasteiger partial charge in [0.25, 0.3) is 0 Å². The second kappa shape index (κ2) is 4.57. The Labute approximate surface area is 84.4 Å². The quantitative estimate of drug-likeness (QED) is 0.518. The van der Waals surface area contributed by atoms with E-state index in [-0.39, 0.29) is 24.1 Å². The van der Waals surface area contributed by atoms with Gasteiger partial charge in [0.2, 0.25) is 5.91 Å². The maximum absolute atomic E-state index is 11.4. The Bertz CT molecular complexity index is 224. The number of carbonyl (C=O) groups is 1. The van der Waals surface area contributed by atoms with Crippen LogP contribution in [0.5, 0.6) is 0 Å². The topological polar surface area (TPSA) is 61.4 Å². The third kappa shape index (κ3) is 2.82. The summed E-state index contributed by atoms with van der Waals surface area (Å²) >= 11 is 0. The van der Waals surface area contributed by atoms with E-state index < -0.39 is 0 Å². The lowest BCUT2D eigenvalue weighted by Gasteiger charge is -2.20. The zero-order chi connectivity index (χ0) is 10.6. The molecule has 0 radical (unpaired) electrons. The molecule has 0 aromatic heterocycles. The Hall–Kier alpha value is -0.870. The lowest BCUT2D eigenvalue weighted by molar-refractivity contribution is -0.122. The van der Waals surface area contributed by atoms with Gasteiger partial charge in [0.15, 0.2) is 0 Å². The average molecular weight is 198 g/mol. The molecule has 0 bridgehead atoms. The molecule has 1 atom stereocenters. The first kappa shape index (κ1) is 11.2. The first-order valence-electron chi connectivity index (χ1n) is 4.91. The fourth-order valence-electron chi connectivity index (χ4n) is 1.35. The van der Waals surface area contributed by atoms with Crippen molar-refractivity contribution in [2.45, 2.75) is 31.3 Å². The number of aliphatic hydroxyl groups excluding tert-OH is 1. The zero-order valence-corrected chi connectivity index (χ0v) is 8.55. The summed E-state index contributed by atoms with van der Waals surface area (Å²) in [5.74, 6) is -0.0513. The lowest BCUT2D eigenvalue weighted by atomic mass is 10.2. The summed E-state index contributed by atoms with van der Waals surface area (Å²) in [6.45, 7) is 5.91. The van der Waals surface area contributed by atoms with Crippen molar-refractivity contribution < 1.29 is 9.90 Å². The van der Waals surface area contributed by atoms with Crippen LogP contribution in [0.1, 0.15) is 19.8 Å². The highest BCUT2D eigenvalue weighted by atomic mass is 16.3. The summed E-state index contributed by atoms with van der Waals surface area (Å²) in [6, 6.07) is -0.260. The highest BCUT2D eigenvalue weighted by Gasteiger charge is 2.43. The van der Waals surface area contributed by atoms with Crippen LogP contribution in [0.15, 0.2) is 12.7 Å². The van der Waals surface area contributed by atoms with Crippen molar-refractivity contribution in [3.05, 3.63) is 12.7 Å². The molecule has 3 N–H and O–H groups in total. The van der Waals surface area contributed by atoms with Crippen LogP contribution >= 0.6 is 0 Å². The van der Waals surface area contributed by atoms with Crippen molar-refractivity contribution in [1.82, 2.24) is 10.6 Å². The van der Waals surface area contributed by atoms with Gasteiger partial charge < -0.3 is 10.4 Å². The zero-order valence-electron chi connectivity index (χ0n) is 8.55. The molecule has 0 aliphatic heterocycles. The second-order valence-corrected chi connectivity index (χ2v) is 3.84. The van der Waals surface area contributed by atoms with Gasteiger partial charge in [-0.3, -0.25) is 10.1 Å². The Kier molecular flexibility index (Phi) is 3.66. The highest BCUT2D eigenvalue weighted by Crippen LogP contribution is 2.34. The van der Waals surface area contributed by atoms with Crippen LogP contribution in [0, 0.1) is 0 Å². The van der Waals surface area contributed by atoms with E-state index in [0.29, 0.717) is 6.54 Å². The molecule has 0 spiro atoms. The Balaban J connectivity index is 2.30. The van der Waals surface area contributed by atoms with E-state index in [9.17, 15) is 4.79 Å². The van der Waals surface area contributed by atoms with E-state index in [1.807, 2.05) is 0 Å². The average Bonchev–Trinajstić information content (AvgIpc) is 2.94. The molecule has 0 aromatic carbocycles. The van der Waals surface area contributed by atoms with Crippen LogP contribution < -0.4 is 10.6 Å². The van der Waals surface area contributed by atoms with E-state index in [4.69, 9.17) is 5.11 Å². The minimum atomic E-state index is -0.260. The fourth-order valence-corrected chi connectivity index (χ4v) is 1.35. The number of hydrogen-bond donors (Lipinski definition) is 3. The van der Waals surface area contributed by atoms with Crippen molar-refractivity contribution >= 4 is 5.91 Å². The van der Waals surface area contributed by atoms with Crippen molar-refractivity contribution in [2.75, 3.05) is 13.2 Å². The summed E-state index contributed by atoms with van der Waals surface area (Å²) in [4.78, 5) is 11.4. The molecule has 0 heterocycles. The summed E-state index contributed by atoms with van der Waals surface area (Å²) in [5.41, 5.74) is -0.190. The second-order valence-electron chi connectivity index (χ2n) is 3.84. The maximum atomic E-state index is 11.4. The molecule has 1 aliphatic carbocycles. The van der Waals surface area contributed by atoms with Gasteiger partial charge >= 0.3 is 0 Å². The van der Waals surface area contributed by atoms with Crippen LogP contribution in [0.25, 0.3) is 0 Å². The SMILES string of the molecule is C=CCNC(=O)C(C)NC1(CO)CC1. The predicted molar refractivity (Wildman–Crippen MR) is 54.9 cm³/mol. The van der Waals surface area contributed by atoms with Crippen LogP contribution in [0.3, 0.4) is 0 Å². The third-order valence-electron chi connectivity index (χ3n) is 2.49. The van der Waals surface area contributed by atoms with Gasteiger partial charge in [-0.1, -0.05) is 6.08 Å². The molecule has 1 aliphatic rings. The fraction of sp³-hybridized carbons (Fsp3) is 0.700. The van der Waals surface area contributed by atoms with Gasteiger partial charge in [-0.2, -0.15) is 0 Å².